The minimum absolute atomic E-state index is 0.251. The van der Waals surface area contributed by atoms with Gasteiger partial charge in [0.2, 0.25) is 5.91 Å². The molecular weight excluding hydrogens is 208 g/mol. The Kier molecular flexibility index (Phi) is 6.03. The summed E-state index contributed by atoms with van der Waals surface area (Å²) in [5.41, 5.74) is 5.33. The molecule has 0 saturated carbocycles. The van der Waals surface area contributed by atoms with Crippen LogP contribution in [-0.2, 0) is 9.59 Å². The summed E-state index contributed by atoms with van der Waals surface area (Å²) in [7, 11) is 0. The molecule has 0 aromatic heterocycles. The Morgan fingerprint density at radius 1 is 1.44 bits per heavy atom. The fourth-order valence-corrected chi connectivity index (χ4v) is 1.25. The van der Waals surface area contributed by atoms with Gasteiger partial charge in [-0.25, -0.2) is 4.79 Å². The van der Waals surface area contributed by atoms with Gasteiger partial charge < -0.3 is 16.2 Å². The largest absolute Gasteiger partial charge is 0.480 e. The lowest BCUT2D eigenvalue weighted by Crippen LogP contribution is -2.42. The van der Waals surface area contributed by atoms with Crippen molar-refractivity contribution in [3.63, 3.8) is 0 Å². The topological polar surface area (TPSA) is 92.4 Å². The fraction of sp³-hybridized carbons (Fsp3) is 0.818. The van der Waals surface area contributed by atoms with Gasteiger partial charge >= 0.3 is 5.97 Å². The predicted octanol–water partition coefficient (Wildman–Crippen LogP) is 0.873. The van der Waals surface area contributed by atoms with Gasteiger partial charge in [-0.3, -0.25) is 4.79 Å². The fourth-order valence-electron chi connectivity index (χ4n) is 1.25. The molecule has 4 N–H and O–H groups in total. The lowest BCUT2D eigenvalue weighted by Gasteiger charge is -2.19. The predicted molar refractivity (Wildman–Crippen MR) is 62.0 cm³/mol. The van der Waals surface area contributed by atoms with Gasteiger partial charge in [-0.15, -0.1) is 0 Å². The zero-order chi connectivity index (χ0) is 12.8. The minimum Gasteiger partial charge on any atom is -0.480 e. The van der Waals surface area contributed by atoms with Gasteiger partial charge in [0.1, 0.15) is 6.04 Å². The third-order valence-corrected chi connectivity index (χ3v) is 2.21. The van der Waals surface area contributed by atoms with Crippen LogP contribution in [0.3, 0.4) is 0 Å². The highest BCUT2D eigenvalue weighted by atomic mass is 16.4. The van der Waals surface area contributed by atoms with E-state index < -0.39 is 17.6 Å². The van der Waals surface area contributed by atoms with Crippen molar-refractivity contribution in [2.75, 3.05) is 0 Å². The number of carboxylic acids is 1. The van der Waals surface area contributed by atoms with E-state index in [9.17, 15) is 9.59 Å². The van der Waals surface area contributed by atoms with E-state index in [2.05, 4.69) is 5.32 Å². The molecule has 94 valence electrons. The van der Waals surface area contributed by atoms with Crippen molar-refractivity contribution in [3.05, 3.63) is 0 Å². The molecule has 0 heterocycles. The highest BCUT2D eigenvalue weighted by Gasteiger charge is 2.20. The Bertz CT molecular complexity index is 246. The van der Waals surface area contributed by atoms with Crippen LogP contribution in [0.5, 0.6) is 0 Å². The first-order valence-corrected chi connectivity index (χ1v) is 5.57. The number of carboxylic acid groups (broad SMARTS) is 1. The third kappa shape index (κ3) is 7.23. The second kappa shape index (κ2) is 6.48. The van der Waals surface area contributed by atoms with E-state index in [4.69, 9.17) is 10.8 Å². The van der Waals surface area contributed by atoms with Gasteiger partial charge in [-0.2, -0.15) is 0 Å². The van der Waals surface area contributed by atoms with E-state index in [-0.39, 0.29) is 12.3 Å². The molecule has 1 amide bonds. The van der Waals surface area contributed by atoms with Crippen LogP contribution in [0, 0.1) is 0 Å². The Labute approximate surface area is 96.4 Å². The molecule has 16 heavy (non-hydrogen) atoms. The minimum atomic E-state index is -0.984. The number of hydrogen-bond acceptors (Lipinski definition) is 3. The van der Waals surface area contributed by atoms with Crippen molar-refractivity contribution in [1.29, 1.82) is 0 Å². The summed E-state index contributed by atoms with van der Waals surface area (Å²) in [5.74, 6) is -1.23. The zero-order valence-corrected chi connectivity index (χ0v) is 10.2. The first-order valence-electron chi connectivity index (χ1n) is 5.57. The van der Waals surface area contributed by atoms with Crippen LogP contribution in [0.2, 0.25) is 0 Å². The van der Waals surface area contributed by atoms with E-state index in [0.717, 1.165) is 6.42 Å². The van der Waals surface area contributed by atoms with Gasteiger partial charge in [-0.1, -0.05) is 13.3 Å². The van der Waals surface area contributed by atoms with Crippen LogP contribution in [0.25, 0.3) is 0 Å². The quantitative estimate of drug-likeness (QED) is 0.605. The van der Waals surface area contributed by atoms with Crippen LogP contribution >= 0.6 is 0 Å². The smallest absolute Gasteiger partial charge is 0.326 e. The van der Waals surface area contributed by atoms with Crippen molar-refractivity contribution in [2.24, 2.45) is 5.73 Å². The molecular formula is C11H22N2O3. The number of amides is 1. The second-order valence-electron chi connectivity index (χ2n) is 4.74. The Morgan fingerprint density at radius 2 is 2.00 bits per heavy atom. The molecule has 0 saturated heterocycles. The highest BCUT2D eigenvalue weighted by Crippen LogP contribution is 2.07. The van der Waals surface area contributed by atoms with E-state index in [1.54, 1.807) is 0 Å². The number of aliphatic carboxylic acids is 1. The summed E-state index contributed by atoms with van der Waals surface area (Å²) in [5, 5.41) is 11.3. The first kappa shape index (κ1) is 14.9. The molecule has 0 aromatic carbocycles. The standard InChI is InChI=1S/C11H22N2O3/c1-4-5-8(10(15)16)13-9(14)6-7-11(2,3)12/h8H,4-7,12H2,1-3H3,(H,13,14)(H,15,16)/t8-/m1/s1. The molecule has 0 unspecified atom stereocenters. The van der Waals surface area contributed by atoms with Crippen molar-refractivity contribution in [3.8, 4) is 0 Å². The maximum absolute atomic E-state index is 11.4. The van der Waals surface area contributed by atoms with Crippen molar-refractivity contribution >= 4 is 11.9 Å². The maximum atomic E-state index is 11.4. The SMILES string of the molecule is CCC[C@@H](NC(=O)CCC(C)(C)N)C(=O)O. The number of rotatable bonds is 7. The molecule has 0 fully saturated rings. The Hall–Kier alpha value is -1.10. The summed E-state index contributed by atoms with van der Waals surface area (Å²) in [4.78, 5) is 22.2. The van der Waals surface area contributed by atoms with Crippen molar-refractivity contribution in [2.45, 2.75) is 58.0 Å². The summed E-state index contributed by atoms with van der Waals surface area (Å²) in [6, 6.07) is -0.779. The summed E-state index contributed by atoms with van der Waals surface area (Å²) < 4.78 is 0. The van der Waals surface area contributed by atoms with Crippen LogP contribution in [0.15, 0.2) is 0 Å². The lowest BCUT2D eigenvalue weighted by molar-refractivity contribution is -0.142. The molecule has 0 spiro atoms. The van der Waals surface area contributed by atoms with Crippen LogP contribution in [-0.4, -0.2) is 28.6 Å². The third-order valence-electron chi connectivity index (χ3n) is 2.21. The Balaban J connectivity index is 4.05. The summed E-state index contributed by atoms with van der Waals surface area (Å²) in [6.07, 6.45) is 1.97. The number of nitrogens with one attached hydrogen (secondary N) is 1. The van der Waals surface area contributed by atoms with E-state index in [0.29, 0.717) is 12.8 Å². The molecule has 0 aromatic rings. The van der Waals surface area contributed by atoms with Gasteiger partial charge in [0.05, 0.1) is 0 Å². The normalized spacial score (nSPS) is 13.2. The van der Waals surface area contributed by atoms with E-state index in [1.165, 1.54) is 0 Å². The summed E-state index contributed by atoms with van der Waals surface area (Å²) >= 11 is 0. The molecule has 0 aliphatic carbocycles. The van der Waals surface area contributed by atoms with Crippen molar-refractivity contribution < 1.29 is 14.7 Å². The monoisotopic (exact) mass is 230 g/mol. The first-order chi connectivity index (χ1) is 7.26. The molecule has 0 bridgehead atoms. The average Bonchev–Trinajstić information content (AvgIpc) is 2.13. The number of nitrogens with two attached hydrogens (primary N) is 1. The summed E-state index contributed by atoms with van der Waals surface area (Å²) in [6.45, 7) is 5.55. The van der Waals surface area contributed by atoms with Crippen LogP contribution < -0.4 is 11.1 Å². The van der Waals surface area contributed by atoms with Gasteiger partial charge in [0.25, 0.3) is 0 Å². The van der Waals surface area contributed by atoms with E-state index in [1.807, 2.05) is 20.8 Å². The van der Waals surface area contributed by atoms with Gasteiger partial charge in [0, 0.05) is 12.0 Å². The molecule has 1 atom stereocenters. The van der Waals surface area contributed by atoms with Gasteiger partial charge in [-0.05, 0) is 26.7 Å². The molecule has 0 aliphatic rings. The molecule has 0 radical (unpaired) electrons. The lowest BCUT2D eigenvalue weighted by atomic mass is 10.00. The second-order valence-corrected chi connectivity index (χ2v) is 4.74. The van der Waals surface area contributed by atoms with Crippen LogP contribution in [0.1, 0.15) is 46.5 Å². The number of carbonyl (C=O) groups is 2. The maximum Gasteiger partial charge on any atom is 0.326 e. The number of hydrogen-bond donors (Lipinski definition) is 3. The molecule has 5 heteroatoms. The van der Waals surface area contributed by atoms with E-state index >= 15 is 0 Å². The molecule has 0 rings (SSSR count). The molecule has 0 aliphatic heterocycles. The highest BCUT2D eigenvalue weighted by molar-refractivity contribution is 5.83. The Morgan fingerprint density at radius 3 is 2.38 bits per heavy atom. The van der Waals surface area contributed by atoms with Gasteiger partial charge in [0.15, 0.2) is 0 Å². The molecule has 5 nitrogen and oxygen atoms in total. The van der Waals surface area contributed by atoms with Crippen LogP contribution in [0.4, 0.5) is 0 Å². The average molecular weight is 230 g/mol. The zero-order valence-electron chi connectivity index (χ0n) is 10.2. The number of carbonyl (C=O) groups excluding carboxylic acids is 1. The van der Waals surface area contributed by atoms with Crippen molar-refractivity contribution in [1.82, 2.24) is 5.32 Å².